The van der Waals surface area contributed by atoms with E-state index in [4.69, 9.17) is 17.2 Å². The first-order valence-electron chi connectivity index (χ1n) is 17.0. The minimum absolute atomic E-state index is 0.00127. The molecule has 4 amide bonds. The standard InChI is InChI=1S/C35H50N8O8/c1-3-20(2)29(36)32(48)41-26(18-21-8-12-23(44)13-9-21)33(49)43-17-5-7-28(43)31(47)40-25(6-4-16-39-35(37)38)30(46)42-27(34(50)51)19-22-10-14-24(45)15-11-22/h8-15,20,25-29,44-45H,3-7,16-19,36H2,1-2H3,(H,40,47)(H,41,48)(H,42,46)(H,50,51)(H4,37,38,39)/t20-,25-,26-,27-,28-,29-/m0/s1. The Morgan fingerprint density at radius 3 is 1.94 bits per heavy atom. The summed E-state index contributed by atoms with van der Waals surface area (Å²) in [6.45, 7) is 4.09. The topological polar surface area (TPSA) is 276 Å². The van der Waals surface area contributed by atoms with Crippen LogP contribution in [0.15, 0.2) is 53.5 Å². The zero-order valence-electron chi connectivity index (χ0n) is 29.0. The number of nitrogens with two attached hydrogens (primary N) is 3. The highest BCUT2D eigenvalue weighted by Crippen LogP contribution is 2.21. The van der Waals surface area contributed by atoms with E-state index in [0.717, 1.165) is 0 Å². The highest BCUT2D eigenvalue weighted by molar-refractivity contribution is 5.96. The quantitative estimate of drug-likeness (QED) is 0.0557. The van der Waals surface area contributed by atoms with Gasteiger partial charge in [-0.1, -0.05) is 44.5 Å². The summed E-state index contributed by atoms with van der Waals surface area (Å²) in [7, 11) is 0. The van der Waals surface area contributed by atoms with E-state index >= 15 is 0 Å². The van der Waals surface area contributed by atoms with E-state index in [-0.39, 0.29) is 68.6 Å². The van der Waals surface area contributed by atoms with Crippen LogP contribution in [0, 0.1) is 5.92 Å². The number of guanidine groups is 1. The van der Waals surface area contributed by atoms with Crippen molar-refractivity contribution in [2.24, 2.45) is 28.1 Å². The maximum atomic E-state index is 14.1. The first-order chi connectivity index (χ1) is 24.2. The van der Waals surface area contributed by atoms with Gasteiger partial charge in [-0.3, -0.25) is 24.2 Å². The molecule has 1 saturated heterocycles. The van der Waals surface area contributed by atoms with Crippen LogP contribution >= 0.6 is 0 Å². The first-order valence-corrected chi connectivity index (χ1v) is 17.0. The number of nitrogens with zero attached hydrogens (tertiary/aromatic N) is 2. The Balaban J connectivity index is 1.81. The molecule has 1 fully saturated rings. The minimum Gasteiger partial charge on any atom is -0.508 e. The number of hydrogen-bond donors (Lipinski definition) is 9. The molecule has 16 heteroatoms. The highest BCUT2D eigenvalue weighted by atomic mass is 16.4. The van der Waals surface area contributed by atoms with Crippen molar-refractivity contribution < 1.29 is 39.3 Å². The van der Waals surface area contributed by atoms with Gasteiger partial charge in [0.1, 0.15) is 35.7 Å². The van der Waals surface area contributed by atoms with Gasteiger partial charge in [0.2, 0.25) is 23.6 Å². The Kier molecular flexibility index (Phi) is 15.0. The van der Waals surface area contributed by atoms with E-state index in [1.165, 1.54) is 41.3 Å². The molecule has 0 radical (unpaired) electrons. The van der Waals surface area contributed by atoms with Gasteiger partial charge in [-0.2, -0.15) is 0 Å². The Labute approximate surface area is 296 Å². The third kappa shape index (κ3) is 12.2. The van der Waals surface area contributed by atoms with Gasteiger partial charge in [-0.15, -0.1) is 0 Å². The van der Waals surface area contributed by atoms with Gasteiger partial charge in [0, 0.05) is 25.9 Å². The summed E-state index contributed by atoms with van der Waals surface area (Å²) >= 11 is 0. The Bertz CT molecular complexity index is 1530. The van der Waals surface area contributed by atoms with E-state index in [0.29, 0.717) is 24.0 Å². The van der Waals surface area contributed by atoms with Gasteiger partial charge < -0.3 is 53.4 Å². The molecule has 0 saturated carbocycles. The SMILES string of the molecule is CC[C@H](C)[C@H](N)C(=O)N[C@@H](Cc1ccc(O)cc1)C(=O)N1CCC[C@H]1C(=O)N[C@@H](CCCN=C(N)N)C(=O)N[C@@H](Cc1ccc(O)cc1)C(=O)O. The number of rotatable bonds is 18. The molecule has 0 unspecified atom stereocenters. The number of aromatic hydroxyl groups is 2. The molecule has 1 aliphatic heterocycles. The van der Waals surface area contributed by atoms with Crippen molar-refractivity contribution in [1.82, 2.24) is 20.9 Å². The first kappa shape index (κ1) is 40.1. The zero-order valence-corrected chi connectivity index (χ0v) is 29.0. The Hall–Kier alpha value is -5.38. The Morgan fingerprint density at radius 2 is 1.41 bits per heavy atom. The number of carbonyl (C=O) groups excluding carboxylic acids is 4. The van der Waals surface area contributed by atoms with Crippen molar-refractivity contribution in [1.29, 1.82) is 0 Å². The number of phenolic OH excluding ortho intramolecular Hbond substituents is 2. The maximum Gasteiger partial charge on any atom is 0.326 e. The van der Waals surface area contributed by atoms with Crippen LogP contribution in [0.25, 0.3) is 0 Å². The molecular formula is C35H50N8O8. The normalized spacial score (nSPS) is 16.9. The lowest BCUT2D eigenvalue weighted by atomic mass is 9.98. The fraction of sp³-hybridized carbons (Fsp3) is 0.486. The summed E-state index contributed by atoms with van der Waals surface area (Å²) in [5.74, 6) is -3.99. The predicted octanol–water partition coefficient (Wildman–Crippen LogP) is -0.160. The van der Waals surface area contributed by atoms with Crippen LogP contribution in [0.4, 0.5) is 0 Å². The largest absolute Gasteiger partial charge is 0.508 e. The van der Waals surface area contributed by atoms with Gasteiger partial charge in [0.25, 0.3) is 0 Å². The number of carboxylic acids is 1. The second kappa shape index (κ2) is 19.1. The number of carboxylic acid groups (broad SMARTS) is 1. The predicted molar refractivity (Wildman–Crippen MR) is 189 cm³/mol. The number of carbonyl (C=O) groups is 5. The van der Waals surface area contributed by atoms with Crippen molar-refractivity contribution in [3.8, 4) is 11.5 Å². The lowest BCUT2D eigenvalue weighted by molar-refractivity contribution is -0.143. The lowest BCUT2D eigenvalue weighted by Crippen LogP contribution is -2.59. The van der Waals surface area contributed by atoms with Crippen molar-refractivity contribution >= 4 is 35.6 Å². The number of hydrogen-bond acceptors (Lipinski definition) is 9. The summed E-state index contributed by atoms with van der Waals surface area (Å²) in [6.07, 6.45) is 1.69. The molecule has 2 aromatic rings. The van der Waals surface area contributed by atoms with Crippen molar-refractivity contribution in [2.75, 3.05) is 13.1 Å². The lowest BCUT2D eigenvalue weighted by Gasteiger charge is -2.31. The number of benzene rings is 2. The van der Waals surface area contributed by atoms with Crippen molar-refractivity contribution in [3.63, 3.8) is 0 Å². The fourth-order valence-corrected chi connectivity index (χ4v) is 5.73. The van der Waals surface area contributed by atoms with Crippen LogP contribution in [0.2, 0.25) is 0 Å². The van der Waals surface area contributed by atoms with Gasteiger partial charge in [0.05, 0.1) is 6.04 Å². The average molecular weight is 711 g/mol. The summed E-state index contributed by atoms with van der Waals surface area (Å²) in [6, 6.07) is 6.56. The average Bonchev–Trinajstić information content (AvgIpc) is 3.60. The number of phenols is 2. The molecule has 16 nitrogen and oxygen atoms in total. The summed E-state index contributed by atoms with van der Waals surface area (Å²) in [5.41, 5.74) is 18.2. The van der Waals surface area contributed by atoms with Crippen LogP contribution in [0.3, 0.4) is 0 Å². The molecule has 0 aromatic heterocycles. The Morgan fingerprint density at radius 1 is 0.863 bits per heavy atom. The number of likely N-dealkylation sites (tertiary alicyclic amines) is 1. The van der Waals surface area contributed by atoms with Crippen molar-refractivity contribution in [3.05, 3.63) is 59.7 Å². The molecular weight excluding hydrogens is 660 g/mol. The van der Waals surface area contributed by atoms with E-state index in [9.17, 15) is 39.3 Å². The van der Waals surface area contributed by atoms with E-state index in [2.05, 4.69) is 20.9 Å². The molecule has 278 valence electrons. The number of aliphatic carboxylic acids is 1. The van der Waals surface area contributed by atoms with Crippen LogP contribution in [-0.4, -0.2) is 99.1 Å². The van der Waals surface area contributed by atoms with Crippen LogP contribution in [0.5, 0.6) is 11.5 Å². The van der Waals surface area contributed by atoms with Crippen LogP contribution < -0.4 is 33.2 Å². The molecule has 12 N–H and O–H groups in total. The van der Waals surface area contributed by atoms with Gasteiger partial charge in [-0.25, -0.2) is 4.79 Å². The third-order valence-electron chi connectivity index (χ3n) is 8.96. The fourth-order valence-electron chi connectivity index (χ4n) is 5.73. The van der Waals surface area contributed by atoms with E-state index < -0.39 is 59.8 Å². The second-order valence-corrected chi connectivity index (χ2v) is 12.8. The van der Waals surface area contributed by atoms with Crippen molar-refractivity contribution in [2.45, 2.75) is 89.0 Å². The van der Waals surface area contributed by atoms with E-state index in [1.54, 1.807) is 12.1 Å². The minimum atomic E-state index is -1.35. The van der Waals surface area contributed by atoms with Gasteiger partial charge >= 0.3 is 5.97 Å². The molecule has 2 aromatic carbocycles. The molecule has 0 bridgehead atoms. The van der Waals surface area contributed by atoms with Crippen LogP contribution in [0.1, 0.15) is 57.1 Å². The molecule has 6 atom stereocenters. The monoisotopic (exact) mass is 710 g/mol. The number of aliphatic imine (C=N–C) groups is 1. The highest BCUT2D eigenvalue weighted by Gasteiger charge is 2.39. The summed E-state index contributed by atoms with van der Waals surface area (Å²) < 4.78 is 0. The maximum absolute atomic E-state index is 14.1. The molecule has 0 aliphatic carbocycles. The smallest absolute Gasteiger partial charge is 0.326 e. The number of amides is 4. The second-order valence-electron chi connectivity index (χ2n) is 12.8. The zero-order chi connectivity index (χ0) is 37.7. The third-order valence-corrected chi connectivity index (χ3v) is 8.96. The summed E-state index contributed by atoms with van der Waals surface area (Å²) in [4.78, 5) is 71.9. The molecule has 0 spiro atoms. The summed E-state index contributed by atoms with van der Waals surface area (Å²) in [5, 5.41) is 37.2. The molecule has 51 heavy (non-hydrogen) atoms. The van der Waals surface area contributed by atoms with Gasteiger partial charge in [-0.05, 0) is 67.0 Å². The van der Waals surface area contributed by atoms with Crippen LogP contribution in [-0.2, 0) is 36.8 Å². The molecule has 3 rings (SSSR count). The molecule has 1 aliphatic rings. The molecule has 1 heterocycles. The number of nitrogens with one attached hydrogen (secondary N) is 3. The van der Waals surface area contributed by atoms with Gasteiger partial charge in [0.15, 0.2) is 5.96 Å². The van der Waals surface area contributed by atoms with E-state index in [1.807, 2.05) is 13.8 Å².